The molecule has 3 rings (SSSR count). The Bertz CT molecular complexity index is 807. The van der Waals surface area contributed by atoms with Gasteiger partial charge in [0, 0.05) is 29.5 Å². The molecule has 0 amide bonds. The highest BCUT2D eigenvalue weighted by molar-refractivity contribution is 6.38. The van der Waals surface area contributed by atoms with Crippen molar-refractivity contribution >= 4 is 22.8 Å². The highest BCUT2D eigenvalue weighted by Crippen LogP contribution is 2.37. The Kier molecular flexibility index (Phi) is 2.79. The lowest BCUT2D eigenvalue weighted by Crippen LogP contribution is -2.00. The van der Waals surface area contributed by atoms with Crippen LogP contribution >= 0.6 is 0 Å². The molecule has 0 saturated heterocycles. The molecule has 1 aliphatic carbocycles. The van der Waals surface area contributed by atoms with Gasteiger partial charge in [-0.15, -0.1) is 0 Å². The van der Waals surface area contributed by atoms with Crippen molar-refractivity contribution in [1.29, 1.82) is 0 Å². The van der Waals surface area contributed by atoms with E-state index in [9.17, 15) is 20.0 Å². The molecule has 6 nitrogen and oxygen atoms in total. The van der Waals surface area contributed by atoms with Crippen molar-refractivity contribution in [2.75, 3.05) is 0 Å². The number of non-ortho nitro benzene ring substituents is 1. The van der Waals surface area contributed by atoms with Crippen LogP contribution in [0.2, 0.25) is 0 Å². The second-order valence-electron chi connectivity index (χ2n) is 4.76. The Balaban J connectivity index is 2.16. The first-order valence-electron chi connectivity index (χ1n) is 6.19. The number of nitrogens with zero attached hydrogens (tertiary/aromatic N) is 2. The number of carbonyl (C=O) groups is 1. The minimum Gasteiger partial charge on any atom is -0.506 e. The molecule has 1 aliphatic rings. The van der Waals surface area contributed by atoms with Gasteiger partial charge in [-0.2, -0.15) is 0 Å². The van der Waals surface area contributed by atoms with Gasteiger partial charge in [-0.3, -0.25) is 19.9 Å². The zero-order valence-electron chi connectivity index (χ0n) is 11.0. The number of nitro benzene ring substituents is 1. The smallest absolute Gasteiger partial charge is 0.270 e. The molecule has 21 heavy (non-hydrogen) atoms. The number of benzene rings is 1. The van der Waals surface area contributed by atoms with Crippen molar-refractivity contribution < 1.29 is 14.8 Å². The number of Topliss-reactive ketones (excluding diaryl/α,β-unsaturated/α-hetero) is 1. The average Bonchev–Trinajstić information content (AvgIpc) is 2.72. The lowest BCUT2D eigenvalue weighted by atomic mass is 10.1. The van der Waals surface area contributed by atoms with E-state index < -0.39 is 4.92 Å². The van der Waals surface area contributed by atoms with Crippen LogP contribution in [0.25, 0.3) is 11.3 Å². The molecule has 0 bridgehead atoms. The molecule has 1 aromatic heterocycles. The summed E-state index contributed by atoms with van der Waals surface area (Å²) in [5, 5.41) is 21.0. The Labute approximate surface area is 119 Å². The number of aliphatic hydroxyl groups is 1. The van der Waals surface area contributed by atoms with E-state index in [0.29, 0.717) is 5.69 Å². The lowest BCUT2D eigenvalue weighted by molar-refractivity contribution is -0.384. The van der Waals surface area contributed by atoms with Gasteiger partial charge >= 0.3 is 0 Å². The van der Waals surface area contributed by atoms with Crippen LogP contribution in [0.1, 0.15) is 27.2 Å². The fourth-order valence-electron chi connectivity index (χ4n) is 2.27. The monoisotopic (exact) mass is 282 g/mol. The first kappa shape index (κ1) is 13.0. The summed E-state index contributed by atoms with van der Waals surface area (Å²) in [4.78, 5) is 26.7. The number of pyridine rings is 1. The summed E-state index contributed by atoms with van der Waals surface area (Å²) >= 11 is 0. The summed E-state index contributed by atoms with van der Waals surface area (Å²) < 4.78 is 0. The zero-order valence-corrected chi connectivity index (χ0v) is 11.0. The minimum absolute atomic E-state index is 0.0745. The Morgan fingerprint density at radius 1 is 1.19 bits per heavy atom. The van der Waals surface area contributed by atoms with Crippen molar-refractivity contribution in [3.63, 3.8) is 0 Å². The fourth-order valence-corrected chi connectivity index (χ4v) is 2.27. The Hall–Kier alpha value is -3.02. The molecule has 1 N–H and O–H groups in total. The van der Waals surface area contributed by atoms with Crippen LogP contribution in [0.4, 0.5) is 5.69 Å². The molecule has 0 fully saturated rings. The third-order valence-electron chi connectivity index (χ3n) is 3.35. The van der Waals surface area contributed by atoms with Gasteiger partial charge in [-0.05, 0) is 24.6 Å². The lowest BCUT2D eigenvalue weighted by Gasteiger charge is -2.01. The van der Waals surface area contributed by atoms with Crippen molar-refractivity contribution in [3.8, 4) is 0 Å². The highest BCUT2D eigenvalue weighted by atomic mass is 16.6. The first-order chi connectivity index (χ1) is 9.99. The van der Waals surface area contributed by atoms with Crippen LogP contribution in [0.15, 0.2) is 36.5 Å². The first-order valence-corrected chi connectivity index (χ1v) is 6.19. The van der Waals surface area contributed by atoms with Crippen molar-refractivity contribution in [1.82, 2.24) is 4.98 Å². The summed E-state index contributed by atoms with van der Waals surface area (Å²) in [5.41, 5.74) is 1.60. The predicted octanol–water partition coefficient (Wildman–Crippen LogP) is 2.92. The molecule has 0 saturated carbocycles. The Morgan fingerprint density at radius 2 is 1.95 bits per heavy atom. The molecule has 0 radical (unpaired) electrons. The van der Waals surface area contributed by atoms with Crippen LogP contribution in [0, 0.1) is 17.0 Å². The van der Waals surface area contributed by atoms with Gasteiger partial charge in [0.15, 0.2) is 5.78 Å². The molecule has 0 spiro atoms. The van der Waals surface area contributed by atoms with Crippen molar-refractivity contribution in [2.45, 2.75) is 6.92 Å². The van der Waals surface area contributed by atoms with Gasteiger partial charge in [0.1, 0.15) is 5.76 Å². The van der Waals surface area contributed by atoms with E-state index in [-0.39, 0.29) is 33.9 Å². The van der Waals surface area contributed by atoms with Gasteiger partial charge in [0.25, 0.3) is 5.69 Å². The second-order valence-corrected chi connectivity index (χ2v) is 4.76. The minimum atomic E-state index is -0.569. The number of hydrogen-bond donors (Lipinski definition) is 1. The fraction of sp³-hybridized carbons (Fsp3) is 0.0667. The maximum absolute atomic E-state index is 12.3. The van der Waals surface area contributed by atoms with Crippen LogP contribution in [-0.4, -0.2) is 20.8 Å². The number of fused-ring (bicyclic) bond motifs is 1. The Morgan fingerprint density at radius 3 is 2.57 bits per heavy atom. The van der Waals surface area contributed by atoms with Crippen molar-refractivity contribution in [2.24, 2.45) is 0 Å². The molecule has 104 valence electrons. The molecule has 6 heteroatoms. The van der Waals surface area contributed by atoms with Crippen LogP contribution < -0.4 is 0 Å². The van der Waals surface area contributed by atoms with E-state index in [1.807, 2.05) is 6.92 Å². The van der Waals surface area contributed by atoms with E-state index in [4.69, 9.17) is 0 Å². The number of ketones is 1. The summed E-state index contributed by atoms with van der Waals surface area (Å²) in [5.74, 6) is -0.649. The molecule has 2 aromatic rings. The van der Waals surface area contributed by atoms with Gasteiger partial charge < -0.3 is 5.11 Å². The zero-order chi connectivity index (χ0) is 15.1. The van der Waals surface area contributed by atoms with E-state index in [1.54, 1.807) is 18.3 Å². The number of hydrogen-bond acceptors (Lipinski definition) is 5. The number of aromatic nitrogens is 1. The summed E-state index contributed by atoms with van der Waals surface area (Å²) in [6.07, 6.45) is 1.59. The van der Waals surface area contributed by atoms with Crippen LogP contribution in [0.3, 0.4) is 0 Å². The number of nitro groups is 1. The normalized spacial score (nSPS) is 13.5. The quantitative estimate of drug-likeness (QED) is 0.675. The molecule has 0 atom stereocenters. The van der Waals surface area contributed by atoms with Gasteiger partial charge in [-0.25, -0.2) is 0 Å². The van der Waals surface area contributed by atoms with Gasteiger partial charge in [0.2, 0.25) is 0 Å². The second kappa shape index (κ2) is 4.52. The van der Waals surface area contributed by atoms with Crippen LogP contribution in [-0.2, 0) is 0 Å². The highest BCUT2D eigenvalue weighted by Gasteiger charge is 2.32. The summed E-state index contributed by atoms with van der Waals surface area (Å²) in [7, 11) is 0. The number of carbonyl (C=O) groups excluding carboxylic acids is 1. The number of aliphatic hydroxyl groups excluding tert-OH is 1. The van der Waals surface area contributed by atoms with Gasteiger partial charge in [-0.1, -0.05) is 6.07 Å². The number of allylic oxidation sites excluding steroid dienone is 1. The molecule has 0 aliphatic heterocycles. The maximum Gasteiger partial charge on any atom is 0.270 e. The van der Waals surface area contributed by atoms with E-state index in [0.717, 1.165) is 5.56 Å². The van der Waals surface area contributed by atoms with Crippen molar-refractivity contribution in [3.05, 3.63) is 69.0 Å². The number of aryl methyl sites for hydroxylation is 1. The molecular formula is C15H10N2O4. The van der Waals surface area contributed by atoms with E-state index in [1.165, 1.54) is 18.2 Å². The SMILES string of the molecule is Cc1ccc(C2=C(O)c3cc([N+](=O)[O-])ccc3C2=O)nc1. The van der Waals surface area contributed by atoms with E-state index >= 15 is 0 Å². The molecule has 1 aromatic carbocycles. The van der Waals surface area contributed by atoms with E-state index in [2.05, 4.69) is 4.98 Å². The largest absolute Gasteiger partial charge is 0.506 e. The predicted molar refractivity (Wildman–Crippen MR) is 75.8 cm³/mol. The summed E-state index contributed by atoms with van der Waals surface area (Å²) in [6.45, 7) is 1.86. The summed E-state index contributed by atoms with van der Waals surface area (Å²) in [6, 6.07) is 7.22. The average molecular weight is 282 g/mol. The third-order valence-corrected chi connectivity index (χ3v) is 3.35. The third kappa shape index (κ3) is 1.97. The maximum atomic E-state index is 12.3. The molecular weight excluding hydrogens is 272 g/mol. The van der Waals surface area contributed by atoms with Gasteiger partial charge in [0.05, 0.1) is 16.2 Å². The molecule has 1 heterocycles. The molecule has 0 unspecified atom stereocenters. The number of rotatable bonds is 2. The standard InChI is InChI=1S/C15H10N2O4/c1-8-2-5-12(16-7-8)13-14(18)10-4-3-9(17(20)21)6-11(10)15(13)19/h2-7,19H,1H3. The van der Waals surface area contributed by atoms with Crippen LogP contribution in [0.5, 0.6) is 0 Å². The topological polar surface area (TPSA) is 93.3 Å².